The molecule has 1 aromatic rings. The molecule has 1 saturated heterocycles. The number of amides is 1. The van der Waals surface area contributed by atoms with Crippen LogP contribution in [-0.2, 0) is 4.79 Å². The van der Waals surface area contributed by atoms with Gasteiger partial charge in [-0.25, -0.2) is 0 Å². The van der Waals surface area contributed by atoms with Gasteiger partial charge in [-0.15, -0.1) is 0 Å². The highest BCUT2D eigenvalue weighted by Crippen LogP contribution is 2.31. The summed E-state index contributed by atoms with van der Waals surface area (Å²) in [4.78, 5) is 14.4. The van der Waals surface area contributed by atoms with Gasteiger partial charge < -0.3 is 10.2 Å². The molecule has 1 fully saturated rings. The van der Waals surface area contributed by atoms with E-state index in [1.807, 2.05) is 7.05 Å². The number of nitrogens with one attached hydrogen (secondary N) is 1. The van der Waals surface area contributed by atoms with Crippen molar-refractivity contribution in [1.82, 2.24) is 10.2 Å². The Kier molecular flexibility index (Phi) is 4.97. The largest absolute Gasteiger partial charge is 0.336 e. The number of carbonyl (C=O) groups is 1. The third-order valence-electron chi connectivity index (χ3n) is 3.87. The van der Waals surface area contributed by atoms with Gasteiger partial charge in [0, 0.05) is 19.5 Å². The summed E-state index contributed by atoms with van der Waals surface area (Å²) in [5, 5.41) is 3.05. The van der Waals surface area contributed by atoms with E-state index in [-0.39, 0.29) is 11.9 Å². The number of rotatable bonds is 4. The van der Waals surface area contributed by atoms with Crippen molar-refractivity contribution in [2.45, 2.75) is 38.6 Å². The molecule has 0 aromatic heterocycles. The molecule has 1 heterocycles. The minimum absolute atomic E-state index is 0.277. The lowest BCUT2D eigenvalue weighted by molar-refractivity contribution is -0.134. The third-order valence-corrected chi connectivity index (χ3v) is 3.87. The van der Waals surface area contributed by atoms with Crippen molar-refractivity contribution < 1.29 is 4.79 Å². The van der Waals surface area contributed by atoms with Gasteiger partial charge >= 0.3 is 0 Å². The van der Waals surface area contributed by atoms with Crippen LogP contribution in [0.3, 0.4) is 0 Å². The van der Waals surface area contributed by atoms with E-state index in [0.717, 1.165) is 25.9 Å². The lowest BCUT2D eigenvalue weighted by atomic mass is 9.94. The monoisotopic (exact) mass is 260 g/mol. The van der Waals surface area contributed by atoms with Gasteiger partial charge in [-0.2, -0.15) is 0 Å². The Bertz CT molecular complexity index is 413. The number of hydrogen-bond donors (Lipinski definition) is 1. The third kappa shape index (κ3) is 3.57. The van der Waals surface area contributed by atoms with Crippen LogP contribution < -0.4 is 5.32 Å². The average Bonchev–Trinajstić information content (AvgIpc) is 2.45. The van der Waals surface area contributed by atoms with E-state index in [4.69, 9.17) is 0 Å². The van der Waals surface area contributed by atoms with Crippen LogP contribution in [-0.4, -0.2) is 30.9 Å². The summed E-state index contributed by atoms with van der Waals surface area (Å²) >= 11 is 0. The predicted molar refractivity (Wildman–Crippen MR) is 78.0 cm³/mol. The predicted octanol–water partition coefficient (Wildman–Crippen LogP) is 2.66. The molecule has 0 saturated carbocycles. The van der Waals surface area contributed by atoms with E-state index in [9.17, 15) is 4.79 Å². The van der Waals surface area contributed by atoms with Gasteiger partial charge in [0.15, 0.2) is 0 Å². The molecule has 1 aromatic carbocycles. The van der Waals surface area contributed by atoms with Crippen LogP contribution in [0, 0.1) is 6.92 Å². The number of piperidine rings is 1. The van der Waals surface area contributed by atoms with E-state index < -0.39 is 0 Å². The zero-order chi connectivity index (χ0) is 13.7. The Labute approximate surface area is 116 Å². The average molecular weight is 260 g/mol. The number of hydrogen-bond acceptors (Lipinski definition) is 2. The van der Waals surface area contributed by atoms with Gasteiger partial charge in [0.1, 0.15) is 0 Å². The molecule has 104 valence electrons. The molecule has 0 aliphatic carbocycles. The van der Waals surface area contributed by atoms with E-state index in [0.29, 0.717) is 6.42 Å². The second-order valence-corrected chi connectivity index (χ2v) is 5.36. The second-order valence-electron chi connectivity index (χ2n) is 5.36. The smallest absolute Gasteiger partial charge is 0.224 e. The molecular weight excluding hydrogens is 236 g/mol. The van der Waals surface area contributed by atoms with Crippen molar-refractivity contribution in [3.8, 4) is 0 Å². The van der Waals surface area contributed by atoms with E-state index >= 15 is 0 Å². The fourth-order valence-electron chi connectivity index (χ4n) is 2.74. The summed E-state index contributed by atoms with van der Waals surface area (Å²) in [6.07, 6.45) is 4.04. The summed E-state index contributed by atoms with van der Waals surface area (Å²) in [5.74, 6) is 0.277. The molecule has 0 radical (unpaired) electrons. The highest BCUT2D eigenvalue weighted by atomic mass is 16.2. The lowest BCUT2D eigenvalue weighted by Gasteiger charge is -2.36. The lowest BCUT2D eigenvalue weighted by Crippen LogP contribution is -2.39. The maximum Gasteiger partial charge on any atom is 0.224 e. The van der Waals surface area contributed by atoms with Crippen LogP contribution in [0.1, 0.15) is 42.9 Å². The van der Waals surface area contributed by atoms with E-state index in [1.54, 1.807) is 0 Å². The van der Waals surface area contributed by atoms with Gasteiger partial charge in [-0.1, -0.05) is 29.8 Å². The summed E-state index contributed by atoms with van der Waals surface area (Å²) in [5.41, 5.74) is 2.55. The fourth-order valence-corrected chi connectivity index (χ4v) is 2.74. The molecule has 0 bridgehead atoms. The van der Waals surface area contributed by atoms with Crippen LogP contribution in [0.25, 0.3) is 0 Å². The normalized spacial score (nSPS) is 19.5. The zero-order valence-electron chi connectivity index (χ0n) is 12.0. The minimum atomic E-state index is 0.277. The van der Waals surface area contributed by atoms with Crippen molar-refractivity contribution in [3.05, 3.63) is 35.4 Å². The van der Waals surface area contributed by atoms with Gasteiger partial charge in [0.25, 0.3) is 0 Å². The molecule has 2 rings (SSSR count). The highest BCUT2D eigenvalue weighted by Gasteiger charge is 2.27. The van der Waals surface area contributed by atoms with E-state index in [1.165, 1.54) is 17.5 Å². The Hall–Kier alpha value is -1.35. The van der Waals surface area contributed by atoms with Crippen molar-refractivity contribution in [3.63, 3.8) is 0 Å². The Balaban J connectivity index is 2.11. The van der Waals surface area contributed by atoms with Gasteiger partial charge in [0.05, 0.1) is 6.04 Å². The minimum Gasteiger partial charge on any atom is -0.336 e. The van der Waals surface area contributed by atoms with Crippen LogP contribution in [0.4, 0.5) is 0 Å². The zero-order valence-corrected chi connectivity index (χ0v) is 12.0. The summed E-state index contributed by atoms with van der Waals surface area (Å²) in [6, 6.07) is 8.90. The van der Waals surface area contributed by atoms with Crippen molar-refractivity contribution in [2.24, 2.45) is 0 Å². The first-order chi connectivity index (χ1) is 9.22. The van der Waals surface area contributed by atoms with Crippen molar-refractivity contribution >= 4 is 5.91 Å². The molecular formula is C16H24N2O. The Morgan fingerprint density at radius 3 is 2.74 bits per heavy atom. The Morgan fingerprint density at radius 1 is 1.32 bits per heavy atom. The molecule has 3 heteroatoms. The second kappa shape index (κ2) is 6.71. The van der Waals surface area contributed by atoms with E-state index in [2.05, 4.69) is 41.4 Å². The number of carbonyl (C=O) groups excluding carboxylic acids is 1. The molecule has 1 amide bonds. The highest BCUT2D eigenvalue weighted by molar-refractivity contribution is 5.77. The maximum atomic E-state index is 12.3. The SMILES string of the molecule is CNCCC(=O)N1CCCCC1c1ccc(C)cc1. The number of likely N-dealkylation sites (tertiary alicyclic amines) is 1. The first kappa shape index (κ1) is 14.1. The molecule has 0 spiro atoms. The summed E-state index contributed by atoms with van der Waals surface area (Å²) in [7, 11) is 1.89. The van der Waals surface area contributed by atoms with Crippen LogP contribution in [0.5, 0.6) is 0 Å². The first-order valence-electron chi connectivity index (χ1n) is 7.23. The molecule has 1 aliphatic rings. The summed E-state index contributed by atoms with van der Waals surface area (Å²) in [6.45, 7) is 3.76. The molecule has 1 unspecified atom stereocenters. The topological polar surface area (TPSA) is 32.3 Å². The van der Waals surface area contributed by atoms with Gasteiger partial charge in [-0.3, -0.25) is 4.79 Å². The maximum absolute atomic E-state index is 12.3. The number of benzene rings is 1. The van der Waals surface area contributed by atoms with Gasteiger partial charge in [0.2, 0.25) is 5.91 Å². The number of aryl methyl sites for hydroxylation is 1. The fraction of sp³-hybridized carbons (Fsp3) is 0.562. The molecule has 19 heavy (non-hydrogen) atoms. The first-order valence-corrected chi connectivity index (χ1v) is 7.23. The van der Waals surface area contributed by atoms with Crippen LogP contribution in [0.15, 0.2) is 24.3 Å². The molecule has 1 atom stereocenters. The quantitative estimate of drug-likeness (QED) is 0.902. The standard InChI is InChI=1S/C16H24N2O/c1-13-6-8-14(9-7-13)15-5-3-4-12-18(15)16(19)10-11-17-2/h6-9,15,17H,3-5,10-12H2,1-2H3. The Morgan fingerprint density at radius 2 is 2.05 bits per heavy atom. The number of nitrogens with zero attached hydrogens (tertiary/aromatic N) is 1. The summed E-state index contributed by atoms with van der Waals surface area (Å²) < 4.78 is 0. The van der Waals surface area contributed by atoms with Gasteiger partial charge in [-0.05, 0) is 38.8 Å². The van der Waals surface area contributed by atoms with Crippen molar-refractivity contribution in [1.29, 1.82) is 0 Å². The van der Waals surface area contributed by atoms with Crippen molar-refractivity contribution in [2.75, 3.05) is 20.1 Å². The van der Waals surface area contributed by atoms with Crippen LogP contribution >= 0.6 is 0 Å². The van der Waals surface area contributed by atoms with Crippen LogP contribution in [0.2, 0.25) is 0 Å². The molecule has 3 nitrogen and oxygen atoms in total. The molecule has 1 N–H and O–H groups in total. The molecule has 1 aliphatic heterocycles.